The van der Waals surface area contributed by atoms with Gasteiger partial charge in [0, 0.05) is 29.9 Å². The minimum Gasteiger partial charge on any atom is -0.506 e. The Balaban J connectivity index is 1.96. The third-order valence-corrected chi connectivity index (χ3v) is 5.46. The van der Waals surface area contributed by atoms with Crippen molar-refractivity contribution < 1.29 is 19.0 Å². The number of nitrogens with one attached hydrogen (secondary N) is 1. The van der Waals surface area contributed by atoms with Crippen molar-refractivity contribution in [2.45, 2.75) is 51.4 Å². The molecule has 2 aromatic rings. The van der Waals surface area contributed by atoms with Crippen LogP contribution in [0.3, 0.4) is 0 Å². The van der Waals surface area contributed by atoms with Crippen LogP contribution in [0.1, 0.15) is 56.9 Å². The summed E-state index contributed by atoms with van der Waals surface area (Å²) in [6.45, 7) is 5.66. The number of phenols is 1. The maximum absolute atomic E-state index is 13.4. The number of rotatable bonds is 4. The Bertz CT molecular complexity index is 855. The van der Waals surface area contributed by atoms with E-state index in [0.29, 0.717) is 18.4 Å². The number of hydrogen-bond acceptors (Lipinski definition) is 3. The molecular weight excluding hydrogens is 381 g/mol. The Labute approximate surface area is 169 Å². The number of carbonyl (C=O) groups excluding carboxylic acids is 1. The molecule has 1 aliphatic heterocycles. The molecule has 1 amide bonds. The molecule has 3 atom stereocenters. The molecule has 0 saturated carbocycles. The van der Waals surface area contributed by atoms with E-state index in [1.807, 2.05) is 20.8 Å². The molecular formula is C22H25ClFNO3. The molecule has 0 aromatic heterocycles. The second kappa shape index (κ2) is 8.10. The fraction of sp³-hybridized carbons (Fsp3) is 0.409. The van der Waals surface area contributed by atoms with Crippen molar-refractivity contribution in [3.8, 4) is 5.75 Å². The molecule has 3 rings (SSSR count). The zero-order valence-electron chi connectivity index (χ0n) is 16.2. The summed E-state index contributed by atoms with van der Waals surface area (Å²) in [6, 6.07) is 11.3. The SMILES string of the molecule is CC(C)C(=O)N[C@@]1(C)C[C@@H](c2ccc(F)cc2)O[C@@H](c2cccc(Cl)c2O)C1. The Morgan fingerprint density at radius 3 is 2.50 bits per heavy atom. The molecule has 1 heterocycles. The first-order chi connectivity index (χ1) is 13.2. The number of amides is 1. The molecule has 2 N–H and O–H groups in total. The molecule has 1 saturated heterocycles. The van der Waals surface area contributed by atoms with Gasteiger partial charge in [-0.2, -0.15) is 0 Å². The maximum atomic E-state index is 13.4. The highest BCUT2D eigenvalue weighted by Crippen LogP contribution is 2.46. The van der Waals surface area contributed by atoms with Gasteiger partial charge in [0.2, 0.25) is 5.91 Å². The van der Waals surface area contributed by atoms with Crippen molar-refractivity contribution in [2.75, 3.05) is 0 Å². The third-order valence-electron chi connectivity index (χ3n) is 5.16. The van der Waals surface area contributed by atoms with Gasteiger partial charge in [0.05, 0.1) is 17.2 Å². The topological polar surface area (TPSA) is 58.6 Å². The van der Waals surface area contributed by atoms with E-state index in [9.17, 15) is 14.3 Å². The predicted octanol–water partition coefficient (Wildman–Crippen LogP) is 5.31. The molecule has 28 heavy (non-hydrogen) atoms. The summed E-state index contributed by atoms with van der Waals surface area (Å²) in [7, 11) is 0. The first-order valence-electron chi connectivity index (χ1n) is 9.39. The van der Waals surface area contributed by atoms with Gasteiger partial charge >= 0.3 is 0 Å². The molecule has 150 valence electrons. The fourth-order valence-corrected chi connectivity index (χ4v) is 3.77. The van der Waals surface area contributed by atoms with Gasteiger partial charge in [-0.3, -0.25) is 4.79 Å². The lowest BCUT2D eigenvalue weighted by Crippen LogP contribution is -2.52. The fourth-order valence-electron chi connectivity index (χ4n) is 3.59. The average Bonchev–Trinajstić information content (AvgIpc) is 2.63. The Kier molecular flexibility index (Phi) is 5.96. The molecule has 0 bridgehead atoms. The normalized spacial score (nSPS) is 24.9. The second-order valence-corrected chi connectivity index (χ2v) is 8.36. The van der Waals surface area contributed by atoms with Crippen LogP contribution in [0, 0.1) is 11.7 Å². The van der Waals surface area contributed by atoms with Crippen molar-refractivity contribution >= 4 is 17.5 Å². The van der Waals surface area contributed by atoms with Crippen LogP contribution in [-0.2, 0) is 9.53 Å². The van der Waals surface area contributed by atoms with Crippen molar-refractivity contribution in [3.05, 3.63) is 64.4 Å². The van der Waals surface area contributed by atoms with E-state index in [2.05, 4.69) is 5.32 Å². The summed E-state index contributed by atoms with van der Waals surface area (Å²) in [4.78, 5) is 12.4. The van der Waals surface area contributed by atoms with Crippen LogP contribution in [0.5, 0.6) is 5.75 Å². The molecule has 1 fully saturated rings. The van der Waals surface area contributed by atoms with E-state index in [1.54, 1.807) is 30.3 Å². The number of benzene rings is 2. The van der Waals surface area contributed by atoms with Crippen molar-refractivity contribution in [3.63, 3.8) is 0 Å². The van der Waals surface area contributed by atoms with Crippen LogP contribution in [0.2, 0.25) is 5.02 Å². The number of ether oxygens (including phenoxy) is 1. The van der Waals surface area contributed by atoms with E-state index in [-0.39, 0.29) is 34.5 Å². The minimum absolute atomic E-state index is 0.0218. The van der Waals surface area contributed by atoms with E-state index < -0.39 is 11.6 Å². The first kappa shape index (κ1) is 20.6. The maximum Gasteiger partial charge on any atom is 0.222 e. The Morgan fingerprint density at radius 2 is 1.86 bits per heavy atom. The summed E-state index contributed by atoms with van der Waals surface area (Å²) in [6.07, 6.45) is 0.182. The van der Waals surface area contributed by atoms with Gasteiger partial charge in [0.1, 0.15) is 11.6 Å². The van der Waals surface area contributed by atoms with E-state index >= 15 is 0 Å². The van der Waals surface area contributed by atoms with Gasteiger partial charge in [0.15, 0.2) is 0 Å². The van der Waals surface area contributed by atoms with Crippen LogP contribution >= 0.6 is 11.6 Å². The molecule has 2 aromatic carbocycles. The van der Waals surface area contributed by atoms with Crippen LogP contribution < -0.4 is 5.32 Å². The smallest absolute Gasteiger partial charge is 0.222 e. The number of carbonyl (C=O) groups is 1. The molecule has 4 nitrogen and oxygen atoms in total. The second-order valence-electron chi connectivity index (χ2n) is 7.96. The number of hydrogen-bond donors (Lipinski definition) is 2. The van der Waals surface area contributed by atoms with Crippen LogP contribution in [0.4, 0.5) is 4.39 Å². The van der Waals surface area contributed by atoms with Gasteiger partial charge in [-0.05, 0) is 30.7 Å². The van der Waals surface area contributed by atoms with Crippen LogP contribution in [0.25, 0.3) is 0 Å². The largest absolute Gasteiger partial charge is 0.506 e. The molecule has 0 aliphatic carbocycles. The number of phenolic OH excluding ortho intramolecular Hbond substituents is 1. The number of halogens is 2. The quantitative estimate of drug-likeness (QED) is 0.724. The molecule has 0 spiro atoms. The van der Waals surface area contributed by atoms with Crippen molar-refractivity contribution in [1.29, 1.82) is 0 Å². The summed E-state index contributed by atoms with van der Waals surface area (Å²) >= 11 is 6.08. The van der Waals surface area contributed by atoms with Crippen molar-refractivity contribution in [1.82, 2.24) is 5.32 Å². The summed E-state index contributed by atoms with van der Waals surface area (Å²) < 4.78 is 19.6. The van der Waals surface area contributed by atoms with E-state index in [4.69, 9.17) is 16.3 Å². The molecule has 0 radical (unpaired) electrons. The summed E-state index contributed by atoms with van der Waals surface area (Å²) in [5.41, 5.74) is 0.833. The van der Waals surface area contributed by atoms with Gasteiger partial charge in [-0.15, -0.1) is 0 Å². The minimum atomic E-state index is -0.557. The van der Waals surface area contributed by atoms with E-state index in [0.717, 1.165) is 5.56 Å². The number of para-hydroxylation sites is 1. The monoisotopic (exact) mass is 405 g/mol. The molecule has 1 aliphatic rings. The van der Waals surface area contributed by atoms with Gasteiger partial charge in [0.25, 0.3) is 0 Å². The zero-order chi connectivity index (χ0) is 20.5. The summed E-state index contributed by atoms with van der Waals surface area (Å²) in [5.74, 6) is -0.538. The lowest BCUT2D eigenvalue weighted by atomic mass is 9.81. The van der Waals surface area contributed by atoms with Gasteiger partial charge < -0.3 is 15.2 Å². The van der Waals surface area contributed by atoms with E-state index in [1.165, 1.54) is 12.1 Å². The van der Waals surface area contributed by atoms with Gasteiger partial charge in [-0.25, -0.2) is 4.39 Å². The molecule has 6 heteroatoms. The highest BCUT2D eigenvalue weighted by atomic mass is 35.5. The summed E-state index contributed by atoms with van der Waals surface area (Å²) in [5, 5.41) is 13.8. The standard InChI is InChI=1S/C22H25ClFNO3/c1-13(2)21(27)25-22(3)11-18(14-7-9-15(24)10-8-14)28-19(12-22)16-5-4-6-17(23)20(16)26/h4-10,13,18-19,26H,11-12H2,1-3H3,(H,25,27)/t18-,19+,22-/m0/s1. The number of aromatic hydroxyl groups is 1. The zero-order valence-corrected chi connectivity index (χ0v) is 17.0. The molecule has 0 unspecified atom stereocenters. The Morgan fingerprint density at radius 1 is 1.21 bits per heavy atom. The average molecular weight is 406 g/mol. The predicted molar refractivity (Wildman–Crippen MR) is 107 cm³/mol. The highest BCUT2D eigenvalue weighted by Gasteiger charge is 2.41. The Hall–Kier alpha value is -2.11. The lowest BCUT2D eigenvalue weighted by molar-refractivity contribution is -0.131. The van der Waals surface area contributed by atoms with Crippen molar-refractivity contribution in [2.24, 2.45) is 5.92 Å². The van der Waals surface area contributed by atoms with Crippen LogP contribution in [-0.4, -0.2) is 16.6 Å². The highest BCUT2D eigenvalue weighted by molar-refractivity contribution is 6.32. The van der Waals surface area contributed by atoms with Crippen LogP contribution in [0.15, 0.2) is 42.5 Å². The third kappa shape index (κ3) is 4.47. The lowest BCUT2D eigenvalue weighted by Gasteiger charge is -2.43. The first-order valence-corrected chi connectivity index (χ1v) is 9.76. The van der Waals surface area contributed by atoms with Gasteiger partial charge in [-0.1, -0.05) is 49.7 Å².